The summed E-state index contributed by atoms with van der Waals surface area (Å²) in [4.78, 5) is 26.5. The maximum Gasteiger partial charge on any atom is 0.284 e. The number of fused-ring (bicyclic) bond motifs is 5. The number of amides is 1. The number of H-pyrrole nitrogens is 1. The zero-order chi connectivity index (χ0) is 15.6. The quantitative estimate of drug-likeness (QED) is 0.676. The average Bonchev–Trinajstić information content (AvgIpc) is 2.94. The predicted octanol–water partition coefficient (Wildman–Crippen LogP) is 0.862. The van der Waals surface area contributed by atoms with Crippen LogP contribution in [0.25, 0.3) is 11.3 Å². The fourth-order valence-electron chi connectivity index (χ4n) is 3.42. The summed E-state index contributed by atoms with van der Waals surface area (Å²) >= 11 is 0. The molecule has 22 heavy (non-hydrogen) atoms. The van der Waals surface area contributed by atoms with Gasteiger partial charge in [-0.05, 0) is 36.2 Å². The number of benzene rings is 1. The Labute approximate surface area is 123 Å². The Morgan fingerprint density at radius 3 is 2.59 bits per heavy atom. The molecule has 112 valence electrons. The molecule has 2 aromatic rings. The second-order valence-corrected chi connectivity index (χ2v) is 5.49. The van der Waals surface area contributed by atoms with Crippen molar-refractivity contribution >= 4 is 5.91 Å². The molecule has 5 nitrogen and oxygen atoms in total. The lowest BCUT2D eigenvalue weighted by Gasteiger charge is -2.23. The van der Waals surface area contributed by atoms with Crippen molar-refractivity contribution in [1.82, 2.24) is 15.6 Å². The number of carbonyl (C=O) groups excluding carboxylic acids is 1. The van der Waals surface area contributed by atoms with Crippen molar-refractivity contribution < 1.29 is 13.6 Å². The normalized spacial score (nSPS) is 21.9. The smallest absolute Gasteiger partial charge is 0.284 e. The van der Waals surface area contributed by atoms with Crippen molar-refractivity contribution in [2.45, 2.75) is 12.5 Å². The number of pyridine rings is 1. The van der Waals surface area contributed by atoms with Crippen LogP contribution in [0.15, 0.2) is 23.0 Å². The van der Waals surface area contributed by atoms with Crippen LogP contribution in [0.4, 0.5) is 8.78 Å². The van der Waals surface area contributed by atoms with Crippen molar-refractivity contribution in [2.75, 3.05) is 6.67 Å². The first-order valence-electron chi connectivity index (χ1n) is 6.73. The molecule has 1 spiro atoms. The van der Waals surface area contributed by atoms with Crippen LogP contribution in [-0.4, -0.2) is 17.6 Å². The molecule has 1 amide bonds. The number of hydrogen-bond acceptors (Lipinski definition) is 3. The number of carbonyl (C=O) groups is 1. The maximum atomic E-state index is 13.9. The van der Waals surface area contributed by atoms with Gasteiger partial charge < -0.3 is 10.3 Å². The Hall–Kier alpha value is -2.54. The molecule has 2 heterocycles. The van der Waals surface area contributed by atoms with E-state index < -0.39 is 28.6 Å². The number of aryl methyl sites for hydroxylation is 1. The molecule has 1 unspecified atom stereocenters. The Morgan fingerprint density at radius 2 is 1.91 bits per heavy atom. The molecule has 1 aromatic carbocycles. The first-order chi connectivity index (χ1) is 10.4. The summed E-state index contributed by atoms with van der Waals surface area (Å²) in [6.07, 6.45) is 0. The fraction of sp³-hybridized carbons (Fsp3) is 0.200. The number of aromatic nitrogens is 1. The third kappa shape index (κ3) is 1.38. The topological polar surface area (TPSA) is 74.0 Å². The van der Waals surface area contributed by atoms with Crippen molar-refractivity contribution in [3.63, 3.8) is 0 Å². The Bertz CT molecular complexity index is 906. The van der Waals surface area contributed by atoms with E-state index in [2.05, 4.69) is 15.6 Å². The molecule has 2 aliphatic rings. The minimum Gasteiger partial charge on any atom is -0.341 e. The largest absolute Gasteiger partial charge is 0.341 e. The Morgan fingerprint density at radius 1 is 1.14 bits per heavy atom. The molecule has 7 heteroatoms. The number of halogens is 2. The van der Waals surface area contributed by atoms with E-state index in [1.54, 1.807) is 6.92 Å². The highest BCUT2D eigenvalue weighted by Gasteiger charge is 2.53. The van der Waals surface area contributed by atoms with E-state index in [-0.39, 0.29) is 6.67 Å². The molecule has 4 rings (SSSR count). The number of rotatable bonds is 0. The van der Waals surface area contributed by atoms with Crippen LogP contribution in [0.5, 0.6) is 0 Å². The van der Waals surface area contributed by atoms with E-state index in [0.29, 0.717) is 27.9 Å². The molecule has 1 aromatic heterocycles. The summed E-state index contributed by atoms with van der Waals surface area (Å²) in [7, 11) is 0. The molecule has 3 N–H and O–H groups in total. The van der Waals surface area contributed by atoms with E-state index in [9.17, 15) is 18.4 Å². The highest BCUT2D eigenvalue weighted by atomic mass is 19.1. The van der Waals surface area contributed by atoms with Gasteiger partial charge in [0.15, 0.2) is 11.4 Å². The lowest BCUT2D eigenvalue weighted by atomic mass is 9.87. The van der Waals surface area contributed by atoms with E-state index in [4.69, 9.17) is 0 Å². The van der Waals surface area contributed by atoms with E-state index in [0.717, 1.165) is 6.07 Å². The molecular weight excluding hydrogens is 292 g/mol. The summed E-state index contributed by atoms with van der Waals surface area (Å²) in [5.41, 5.74) is -0.0930. The van der Waals surface area contributed by atoms with Gasteiger partial charge in [0.25, 0.3) is 11.5 Å². The van der Waals surface area contributed by atoms with Crippen molar-refractivity contribution in [3.8, 4) is 11.3 Å². The van der Waals surface area contributed by atoms with Gasteiger partial charge in [-0.25, -0.2) is 8.78 Å². The van der Waals surface area contributed by atoms with Gasteiger partial charge in [0, 0.05) is 11.1 Å². The molecule has 1 saturated heterocycles. The van der Waals surface area contributed by atoms with Gasteiger partial charge in [-0.1, -0.05) is 0 Å². The van der Waals surface area contributed by atoms with Gasteiger partial charge in [0.05, 0.1) is 12.4 Å². The SMILES string of the molecule is Cc1cc(F)cc2c1-c1[nH]c(=O)c(F)cc1C21NCNC1=O. The first-order valence-corrected chi connectivity index (χ1v) is 6.73. The number of aromatic amines is 1. The van der Waals surface area contributed by atoms with Crippen LogP contribution in [0.1, 0.15) is 16.7 Å². The van der Waals surface area contributed by atoms with Crippen molar-refractivity contribution in [3.05, 3.63) is 56.9 Å². The predicted molar refractivity (Wildman–Crippen MR) is 74.1 cm³/mol. The van der Waals surface area contributed by atoms with Gasteiger partial charge in [0.2, 0.25) is 0 Å². The fourth-order valence-corrected chi connectivity index (χ4v) is 3.42. The molecule has 1 fully saturated rings. The minimum atomic E-state index is -1.37. The van der Waals surface area contributed by atoms with Gasteiger partial charge in [-0.2, -0.15) is 0 Å². The molecule has 1 aliphatic carbocycles. The lowest BCUT2D eigenvalue weighted by molar-refractivity contribution is -0.123. The molecular formula is C15H11F2N3O2. The maximum absolute atomic E-state index is 13.9. The highest BCUT2D eigenvalue weighted by molar-refractivity contribution is 6.01. The zero-order valence-corrected chi connectivity index (χ0v) is 11.5. The lowest BCUT2D eigenvalue weighted by Crippen LogP contribution is -2.43. The molecule has 1 aliphatic heterocycles. The van der Waals surface area contributed by atoms with Crippen LogP contribution in [-0.2, 0) is 10.3 Å². The number of hydrogen-bond donors (Lipinski definition) is 3. The van der Waals surface area contributed by atoms with Gasteiger partial charge in [-0.3, -0.25) is 14.9 Å². The zero-order valence-electron chi connectivity index (χ0n) is 11.5. The summed E-state index contributed by atoms with van der Waals surface area (Å²) in [6.45, 7) is 1.85. The van der Waals surface area contributed by atoms with Crippen LogP contribution in [0.3, 0.4) is 0 Å². The molecule has 0 radical (unpaired) electrons. The first kappa shape index (κ1) is 13.1. The van der Waals surface area contributed by atoms with Gasteiger partial charge in [0.1, 0.15) is 5.82 Å². The van der Waals surface area contributed by atoms with Crippen LogP contribution in [0.2, 0.25) is 0 Å². The van der Waals surface area contributed by atoms with Crippen LogP contribution in [0, 0.1) is 18.6 Å². The second-order valence-electron chi connectivity index (χ2n) is 5.49. The second kappa shape index (κ2) is 4.01. The Kier molecular flexibility index (Phi) is 2.40. The molecule has 1 atom stereocenters. The van der Waals surface area contributed by atoms with Crippen LogP contribution < -0.4 is 16.2 Å². The van der Waals surface area contributed by atoms with Gasteiger partial charge in [-0.15, -0.1) is 0 Å². The summed E-state index contributed by atoms with van der Waals surface area (Å²) < 4.78 is 27.6. The number of nitrogens with one attached hydrogen (secondary N) is 3. The van der Waals surface area contributed by atoms with E-state index in [1.807, 2.05) is 0 Å². The standard InChI is InChI=1S/C15H11F2N3O2/c1-6-2-7(16)3-8-11(6)12-9(4-10(17)13(21)20-12)15(8)14(22)18-5-19-15/h2-4,19H,5H2,1H3,(H,18,22)(H,20,21). The van der Waals surface area contributed by atoms with Crippen LogP contribution >= 0.6 is 0 Å². The third-order valence-corrected chi connectivity index (χ3v) is 4.30. The highest BCUT2D eigenvalue weighted by Crippen LogP contribution is 2.48. The minimum absolute atomic E-state index is 0.175. The summed E-state index contributed by atoms with van der Waals surface area (Å²) in [5.74, 6) is -1.87. The van der Waals surface area contributed by atoms with Crippen molar-refractivity contribution in [1.29, 1.82) is 0 Å². The van der Waals surface area contributed by atoms with Crippen molar-refractivity contribution in [2.24, 2.45) is 0 Å². The Balaban J connectivity index is 2.19. The van der Waals surface area contributed by atoms with E-state index in [1.165, 1.54) is 12.1 Å². The molecule has 0 bridgehead atoms. The third-order valence-electron chi connectivity index (χ3n) is 4.30. The molecule has 0 saturated carbocycles. The average molecular weight is 303 g/mol. The summed E-state index contributed by atoms with van der Waals surface area (Å²) in [5, 5.41) is 5.60. The monoisotopic (exact) mass is 303 g/mol. The van der Waals surface area contributed by atoms with E-state index >= 15 is 0 Å². The summed E-state index contributed by atoms with van der Waals surface area (Å²) in [6, 6.07) is 3.61. The van der Waals surface area contributed by atoms with Gasteiger partial charge >= 0.3 is 0 Å².